The number of thiophene rings is 1. The van der Waals surface area contributed by atoms with E-state index in [0.717, 1.165) is 10.6 Å². The molecular weight excluding hydrogens is 260 g/mol. The maximum Gasteiger partial charge on any atom is 0.330 e. The van der Waals surface area contributed by atoms with Gasteiger partial charge in [-0.05, 0) is 29.7 Å². The molecule has 3 nitrogen and oxygen atoms in total. The first-order chi connectivity index (χ1) is 9.34. The maximum absolute atomic E-state index is 11.4. The molecule has 0 saturated carbocycles. The molecule has 0 fully saturated rings. The van der Waals surface area contributed by atoms with Gasteiger partial charge >= 0.3 is 5.97 Å². The highest BCUT2D eigenvalue weighted by Gasteiger charge is 1.98. The van der Waals surface area contributed by atoms with Gasteiger partial charge in [0.2, 0.25) is 0 Å². The number of ether oxygens (including phenoxy) is 2. The van der Waals surface area contributed by atoms with Gasteiger partial charge in [-0.2, -0.15) is 0 Å². The monoisotopic (exact) mass is 274 g/mol. The molecule has 0 amide bonds. The van der Waals surface area contributed by atoms with E-state index < -0.39 is 0 Å². The van der Waals surface area contributed by atoms with Gasteiger partial charge in [0.1, 0.15) is 19.0 Å². The molecular formula is C15H14O3S. The summed E-state index contributed by atoms with van der Waals surface area (Å²) in [5.41, 5.74) is 0. The molecule has 1 aromatic heterocycles. The standard InChI is InChI=1S/C15H14O3S/c16-15(9-8-14-7-4-12-19-14)18-11-10-17-13-5-2-1-3-6-13/h1-9,12H,10-11H2/b9-8+. The molecule has 0 N–H and O–H groups in total. The molecule has 0 atom stereocenters. The molecule has 0 bridgehead atoms. The number of benzene rings is 1. The van der Waals surface area contributed by atoms with E-state index in [1.165, 1.54) is 6.08 Å². The van der Waals surface area contributed by atoms with Crippen LogP contribution >= 0.6 is 11.3 Å². The van der Waals surface area contributed by atoms with Gasteiger partial charge < -0.3 is 9.47 Å². The third kappa shape index (κ3) is 4.97. The number of esters is 1. The Morgan fingerprint density at radius 2 is 1.95 bits per heavy atom. The predicted molar refractivity (Wildman–Crippen MR) is 76.2 cm³/mol. The molecule has 1 aromatic carbocycles. The van der Waals surface area contributed by atoms with Crippen molar-refractivity contribution in [3.8, 4) is 5.75 Å². The summed E-state index contributed by atoms with van der Waals surface area (Å²) >= 11 is 1.57. The van der Waals surface area contributed by atoms with Gasteiger partial charge in [-0.1, -0.05) is 24.3 Å². The van der Waals surface area contributed by atoms with Crippen LogP contribution in [0.3, 0.4) is 0 Å². The first-order valence-corrected chi connectivity index (χ1v) is 6.79. The maximum atomic E-state index is 11.4. The highest BCUT2D eigenvalue weighted by Crippen LogP contribution is 2.10. The van der Waals surface area contributed by atoms with Gasteiger partial charge in [0.25, 0.3) is 0 Å². The lowest BCUT2D eigenvalue weighted by Gasteiger charge is -2.05. The number of rotatable bonds is 6. The summed E-state index contributed by atoms with van der Waals surface area (Å²) < 4.78 is 10.4. The van der Waals surface area contributed by atoms with Gasteiger partial charge in [0.05, 0.1) is 0 Å². The Morgan fingerprint density at radius 1 is 1.11 bits per heavy atom. The van der Waals surface area contributed by atoms with Crippen molar-refractivity contribution >= 4 is 23.4 Å². The summed E-state index contributed by atoms with van der Waals surface area (Å²) in [6.45, 7) is 0.588. The van der Waals surface area contributed by atoms with Crippen LogP contribution in [0.25, 0.3) is 6.08 Å². The van der Waals surface area contributed by atoms with Crippen LogP contribution < -0.4 is 4.74 Å². The van der Waals surface area contributed by atoms with E-state index in [4.69, 9.17) is 9.47 Å². The van der Waals surface area contributed by atoms with Gasteiger partial charge in [-0.3, -0.25) is 0 Å². The predicted octanol–water partition coefficient (Wildman–Crippen LogP) is 3.38. The zero-order valence-corrected chi connectivity index (χ0v) is 11.1. The van der Waals surface area contributed by atoms with Crippen molar-refractivity contribution in [2.45, 2.75) is 0 Å². The van der Waals surface area contributed by atoms with Crippen LogP contribution in [0.1, 0.15) is 4.88 Å². The Hall–Kier alpha value is -2.07. The van der Waals surface area contributed by atoms with Gasteiger partial charge in [0, 0.05) is 11.0 Å². The summed E-state index contributed by atoms with van der Waals surface area (Å²) in [6, 6.07) is 13.3. The lowest BCUT2D eigenvalue weighted by atomic mass is 10.3. The molecule has 4 heteroatoms. The molecule has 0 saturated heterocycles. The molecule has 0 aliphatic rings. The second-order valence-corrected chi connectivity index (χ2v) is 4.66. The van der Waals surface area contributed by atoms with Crippen molar-refractivity contribution in [1.29, 1.82) is 0 Å². The Labute approximate surface area is 116 Å². The molecule has 0 aliphatic heterocycles. The smallest absolute Gasteiger partial charge is 0.330 e. The quantitative estimate of drug-likeness (QED) is 0.460. The second-order valence-electron chi connectivity index (χ2n) is 3.68. The van der Waals surface area contributed by atoms with Crippen LogP contribution in [0.5, 0.6) is 5.75 Å². The van der Waals surface area contributed by atoms with Crippen LogP contribution in [-0.4, -0.2) is 19.2 Å². The van der Waals surface area contributed by atoms with Gasteiger partial charge in [-0.15, -0.1) is 11.3 Å². The first-order valence-electron chi connectivity index (χ1n) is 5.91. The highest BCUT2D eigenvalue weighted by molar-refractivity contribution is 7.10. The molecule has 2 aromatic rings. The van der Waals surface area contributed by atoms with Crippen LogP contribution in [0, 0.1) is 0 Å². The number of hydrogen-bond donors (Lipinski definition) is 0. The Balaban J connectivity index is 1.64. The van der Waals surface area contributed by atoms with Crippen LogP contribution in [0.4, 0.5) is 0 Å². The van der Waals surface area contributed by atoms with Crippen molar-refractivity contribution in [1.82, 2.24) is 0 Å². The molecule has 0 radical (unpaired) electrons. The number of carbonyl (C=O) groups excluding carboxylic acids is 1. The topological polar surface area (TPSA) is 35.5 Å². The van der Waals surface area contributed by atoms with Crippen LogP contribution in [0.2, 0.25) is 0 Å². The fourth-order valence-electron chi connectivity index (χ4n) is 1.40. The minimum absolute atomic E-state index is 0.239. The average Bonchev–Trinajstić information content (AvgIpc) is 2.96. The SMILES string of the molecule is O=C(/C=C/c1cccs1)OCCOc1ccccc1. The lowest BCUT2D eigenvalue weighted by molar-refractivity contribution is -0.138. The molecule has 19 heavy (non-hydrogen) atoms. The zero-order valence-electron chi connectivity index (χ0n) is 10.3. The van der Waals surface area contributed by atoms with Crippen molar-refractivity contribution in [3.05, 3.63) is 58.8 Å². The number of para-hydroxylation sites is 1. The number of carbonyl (C=O) groups is 1. The summed E-state index contributed by atoms with van der Waals surface area (Å²) in [7, 11) is 0. The van der Waals surface area contributed by atoms with Crippen molar-refractivity contribution in [2.24, 2.45) is 0 Å². The third-order valence-corrected chi connectivity index (χ3v) is 3.10. The second kappa shape index (κ2) is 7.38. The highest BCUT2D eigenvalue weighted by atomic mass is 32.1. The minimum Gasteiger partial charge on any atom is -0.490 e. The van der Waals surface area contributed by atoms with Crippen molar-refractivity contribution in [3.63, 3.8) is 0 Å². The van der Waals surface area contributed by atoms with E-state index in [1.807, 2.05) is 47.8 Å². The lowest BCUT2D eigenvalue weighted by Crippen LogP contribution is -2.10. The van der Waals surface area contributed by atoms with E-state index in [1.54, 1.807) is 17.4 Å². The first kappa shape index (κ1) is 13.4. The fourth-order valence-corrected chi connectivity index (χ4v) is 2.02. The number of hydrogen-bond acceptors (Lipinski definition) is 4. The summed E-state index contributed by atoms with van der Waals surface area (Å²) in [6.07, 6.45) is 3.17. The van der Waals surface area contributed by atoms with Gasteiger partial charge in [0.15, 0.2) is 0 Å². The normalized spacial score (nSPS) is 10.5. The van der Waals surface area contributed by atoms with Crippen LogP contribution in [-0.2, 0) is 9.53 Å². The Bertz CT molecular complexity index is 518. The van der Waals surface area contributed by atoms with E-state index in [2.05, 4.69) is 0 Å². The van der Waals surface area contributed by atoms with E-state index in [-0.39, 0.29) is 12.6 Å². The largest absolute Gasteiger partial charge is 0.490 e. The van der Waals surface area contributed by atoms with E-state index in [9.17, 15) is 4.79 Å². The fraction of sp³-hybridized carbons (Fsp3) is 0.133. The minimum atomic E-state index is -0.356. The van der Waals surface area contributed by atoms with E-state index in [0.29, 0.717) is 6.61 Å². The summed E-state index contributed by atoms with van der Waals surface area (Å²) in [5.74, 6) is 0.415. The third-order valence-electron chi connectivity index (χ3n) is 2.27. The zero-order chi connectivity index (χ0) is 13.3. The Morgan fingerprint density at radius 3 is 2.68 bits per heavy atom. The molecule has 0 aliphatic carbocycles. The molecule has 2 rings (SSSR count). The van der Waals surface area contributed by atoms with E-state index >= 15 is 0 Å². The Kier molecular flexibility index (Phi) is 5.19. The van der Waals surface area contributed by atoms with Crippen LogP contribution in [0.15, 0.2) is 53.9 Å². The van der Waals surface area contributed by atoms with Crippen molar-refractivity contribution < 1.29 is 14.3 Å². The molecule has 1 heterocycles. The average molecular weight is 274 g/mol. The summed E-state index contributed by atoms with van der Waals surface area (Å²) in [5, 5.41) is 1.96. The molecule has 0 spiro atoms. The summed E-state index contributed by atoms with van der Waals surface area (Å²) in [4.78, 5) is 12.4. The van der Waals surface area contributed by atoms with Crippen molar-refractivity contribution in [2.75, 3.05) is 13.2 Å². The molecule has 0 unspecified atom stereocenters. The molecule has 98 valence electrons. The van der Waals surface area contributed by atoms with Gasteiger partial charge in [-0.25, -0.2) is 4.79 Å².